The van der Waals surface area contributed by atoms with E-state index in [2.05, 4.69) is 0 Å². The Kier molecular flexibility index (Phi) is 5.01. The molecule has 1 heterocycles. The lowest BCUT2D eigenvalue weighted by Gasteiger charge is -2.30. The van der Waals surface area contributed by atoms with Gasteiger partial charge in [0.05, 0.1) is 12.5 Å². The Balaban J connectivity index is 1.96. The average Bonchev–Trinajstić information content (AvgIpc) is 2.38. The number of nitrogens with two attached hydrogens (primary N) is 1. The summed E-state index contributed by atoms with van der Waals surface area (Å²) in [6.07, 6.45) is 2.58. The molecule has 1 aromatic carbocycles. The zero-order valence-electron chi connectivity index (χ0n) is 12.3. The standard InChI is InChI=1S/C16H24N2O2/c1-12(2)20-15-7-3-5-13(9-15)10-16(19)18-8-4-6-14(17)11-18/h3,5,7,9,12,14H,4,6,8,10-11,17H2,1-2H3/t14-/m0/s1. The topological polar surface area (TPSA) is 55.6 Å². The van der Waals surface area contributed by atoms with Crippen molar-refractivity contribution in [2.75, 3.05) is 13.1 Å². The molecule has 1 aliphatic rings. The van der Waals surface area contributed by atoms with Gasteiger partial charge in [-0.1, -0.05) is 12.1 Å². The Bertz CT molecular complexity index is 460. The van der Waals surface area contributed by atoms with E-state index in [0.717, 1.165) is 30.7 Å². The van der Waals surface area contributed by atoms with Gasteiger partial charge in [-0.3, -0.25) is 4.79 Å². The smallest absolute Gasteiger partial charge is 0.227 e. The van der Waals surface area contributed by atoms with Crippen LogP contribution in [0.5, 0.6) is 5.75 Å². The Labute approximate surface area is 120 Å². The highest BCUT2D eigenvalue weighted by molar-refractivity contribution is 5.79. The molecule has 4 heteroatoms. The molecule has 1 atom stereocenters. The van der Waals surface area contributed by atoms with Crippen molar-refractivity contribution in [2.45, 2.75) is 45.3 Å². The number of rotatable bonds is 4. The maximum Gasteiger partial charge on any atom is 0.227 e. The summed E-state index contributed by atoms with van der Waals surface area (Å²) in [6.45, 7) is 5.50. The summed E-state index contributed by atoms with van der Waals surface area (Å²) in [6, 6.07) is 7.90. The maximum atomic E-state index is 12.3. The lowest BCUT2D eigenvalue weighted by molar-refractivity contribution is -0.131. The molecule has 0 bridgehead atoms. The van der Waals surface area contributed by atoms with E-state index in [4.69, 9.17) is 10.5 Å². The van der Waals surface area contributed by atoms with Crippen molar-refractivity contribution in [1.29, 1.82) is 0 Å². The summed E-state index contributed by atoms with van der Waals surface area (Å²) in [7, 11) is 0. The van der Waals surface area contributed by atoms with Crippen LogP contribution in [0.25, 0.3) is 0 Å². The van der Waals surface area contributed by atoms with Crippen LogP contribution in [-0.2, 0) is 11.2 Å². The van der Waals surface area contributed by atoms with Gasteiger partial charge in [-0.15, -0.1) is 0 Å². The number of amides is 1. The molecule has 0 radical (unpaired) electrons. The van der Waals surface area contributed by atoms with Crippen LogP contribution in [0, 0.1) is 0 Å². The lowest BCUT2D eigenvalue weighted by Crippen LogP contribution is -2.46. The van der Waals surface area contributed by atoms with Gasteiger partial charge in [0.1, 0.15) is 5.75 Å². The summed E-state index contributed by atoms with van der Waals surface area (Å²) in [5.74, 6) is 0.975. The summed E-state index contributed by atoms with van der Waals surface area (Å²) in [5, 5.41) is 0. The SMILES string of the molecule is CC(C)Oc1cccc(CC(=O)N2CCC[C@H](N)C2)c1. The molecular formula is C16H24N2O2. The van der Waals surface area contributed by atoms with Crippen molar-refractivity contribution in [3.05, 3.63) is 29.8 Å². The number of ether oxygens (including phenoxy) is 1. The molecule has 1 amide bonds. The van der Waals surface area contributed by atoms with Crippen LogP contribution in [0.1, 0.15) is 32.3 Å². The van der Waals surface area contributed by atoms with Gasteiger partial charge in [0.15, 0.2) is 0 Å². The highest BCUT2D eigenvalue weighted by Crippen LogP contribution is 2.17. The van der Waals surface area contributed by atoms with Crippen molar-refractivity contribution in [2.24, 2.45) is 5.73 Å². The molecule has 0 unspecified atom stereocenters. The molecule has 1 saturated heterocycles. The van der Waals surface area contributed by atoms with Crippen LogP contribution in [0.2, 0.25) is 0 Å². The van der Waals surface area contributed by atoms with Crippen LogP contribution >= 0.6 is 0 Å². The molecule has 0 aromatic heterocycles. The molecule has 2 N–H and O–H groups in total. The van der Waals surface area contributed by atoms with Crippen LogP contribution in [-0.4, -0.2) is 36.0 Å². The maximum absolute atomic E-state index is 12.3. The fourth-order valence-electron chi connectivity index (χ4n) is 2.52. The third-order valence-electron chi connectivity index (χ3n) is 3.44. The molecule has 1 fully saturated rings. The summed E-state index contributed by atoms with van der Waals surface area (Å²) < 4.78 is 5.65. The predicted octanol–water partition coefficient (Wildman–Crippen LogP) is 1.97. The first-order valence-electron chi connectivity index (χ1n) is 7.33. The van der Waals surface area contributed by atoms with Crippen LogP contribution < -0.4 is 10.5 Å². The van der Waals surface area contributed by atoms with E-state index in [1.165, 1.54) is 0 Å². The molecule has 2 rings (SSSR count). The minimum atomic E-state index is 0.128. The highest BCUT2D eigenvalue weighted by atomic mass is 16.5. The molecule has 0 aliphatic carbocycles. The molecule has 1 aliphatic heterocycles. The second-order valence-electron chi connectivity index (χ2n) is 5.73. The van der Waals surface area contributed by atoms with Crippen molar-refractivity contribution in [3.63, 3.8) is 0 Å². The van der Waals surface area contributed by atoms with Gasteiger partial charge in [0.2, 0.25) is 5.91 Å². The number of likely N-dealkylation sites (tertiary alicyclic amines) is 1. The second kappa shape index (κ2) is 6.75. The first kappa shape index (κ1) is 14.9. The Morgan fingerprint density at radius 1 is 1.50 bits per heavy atom. The third-order valence-corrected chi connectivity index (χ3v) is 3.44. The second-order valence-corrected chi connectivity index (χ2v) is 5.73. The van der Waals surface area contributed by atoms with Gasteiger partial charge in [0.25, 0.3) is 0 Å². The zero-order chi connectivity index (χ0) is 14.5. The largest absolute Gasteiger partial charge is 0.491 e. The fraction of sp³-hybridized carbons (Fsp3) is 0.562. The summed E-state index contributed by atoms with van der Waals surface area (Å²) >= 11 is 0. The first-order chi connectivity index (χ1) is 9.54. The predicted molar refractivity (Wildman–Crippen MR) is 79.7 cm³/mol. The number of carbonyl (C=O) groups excluding carboxylic acids is 1. The van der Waals surface area contributed by atoms with E-state index >= 15 is 0 Å². The first-order valence-corrected chi connectivity index (χ1v) is 7.33. The lowest BCUT2D eigenvalue weighted by atomic mass is 10.0. The Morgan fingerprint density at radius 2 is 2.30 bits per heavy atom. The van der Waals surface area contributed by atoms with Gasteiger partial charge >= 0.3 is 0 Å². The number of piperidine rings is 1. The number of carbonyl (C=O) groups is 1. The van der Waals surface area contributed by atoms with E-state index < -0.39 is 0 Å². The van der Waals surface area contributed by atoms with Crippen LogP contribution in [0.4, 0.5) is 0 Å². The van der Waals surface area contributed by atoms with E-state index in [0.29, 0.717) is 13.0 Å². The molecular weight excluding hydrogens is 252 g/mol. The van der Waals surface area contributed by atoms with Crippen molar-refractivity contribution < 1.29 is 9.53 Å². The molecule has 1 aromatic rings. The minimum Gasteiger partial charge on any atom is -0.491 e. The fourth-order valence-corrected chi connectivity index (χ4v) is 2.52. The van der Waals surface area contributed by atoms with Gasteiger partial charge in [-0.25, -0.2) is 0 Å². The molecule has 110 valence electrons. The number of hydrogen-bond donors (Lipinski definition) is 1. The Hall–Kier alpha value is -1.55. The quantitative estimate of drug-likeness (QED) is 0.914. The van der Waals surface area contributed by atoms with Gasteiger partial charge in [0, 0.05) is 19.1 Å². The summed E-state index contributed by atoms with van der Waals surface area (Å²) in [4.78, 5) is 14.2. The van der Waals surface area contributed by atoms with Gasteiger partial charge in [-0.2, -0.15) is 0 Å². The number of nitrogens with zero attached hydrogens (tertiary/aromatic N) is 1. The van der Waals surface area contributed by atoms with Gasteiger partial charge < -0.3 is 15.4 Å². The zero-order valence-corrected chi connectivity index (χ0v) is 12.3. The average molecular weight is 276 g/mol. The van der Waals surface area contributed by atoms with E-state index in [-0.39, 0.29) is 18.1 Å². The summed E-state index contributed by atoms with van der Waals surface area (Å²) in [5.41, 5.74) is 6.91. The molecule has 0 saturated carbocycles. The molecule has 0 spiro atoms. The highest BCUT2D eigenvalue weighted by Gasteiger charge is 2.21. The van der Waals surface area contributed by atoms with Crippen molar-refractivity contribution in [1.82, 2.24) is 4.90 Å². The number of benzene rings is 1. The molecule has 4 nitrogen and oxygen atoms in total. The van der Waals surface area contributed by atoms with Crippen LogP contribution in [0.3, 0.4) is 0 Å². The van der Waals surface area contributed by atoms with E-state index in [1.54, 1.807) is 0 Å². The third kappa shape index (κ3) is 4.23. The molecule has 20 heavy (non-hydrogen) atoms. The van der Waals surface area contributed by atoms with Gasteiger partial charge in [-0.05, 0) is 44.4 Å². The van der Waals surface area contributed by atoms with Crippen molar-refractivity contribution in [3.8, 4) is 5.75 Å². The number of hydrogen-bond acceptors (Lipinski definition) is 3. The van der Waals surface area contributed by atoms with E-state index in [9.17, 15) is 4.79 Å². The Morgan fingerprint density at radius 3 is 3.00 bits per heavy atom. The monoisotopic (exact) mass is 276 g/mol. The minimum absolute atomic E-state index is 0.128. The normalized spacial score (nSPS) is 19.2. The van der Waals surface area contributed by atoms with E-state index in [1.807, 2.05) is 43.0 Å². The van der Waals surface area contributed by atoms with Crippen molar-refractivity contribution >= 4 is 5.91 Å². The van der Waals surface area contributed by atoms with Crippen LogP contribution in [0.15, 0.2) is 24.3 Å².